The van der Waals surface area contributed by atoms with Crippen LogP contribution in [0.15, 0.2) is 46.4 Å². The van der Waals surface area contributed by atoms with Crippen LogP contribution in [0, 0.1) is 5.82 Å². The van der Waals surface area contributed by atoms with Crippen molar-refractivity contribution in [2.75, 3.05) is 38.7 Å². The molecule has 0 bridgehead atoms. The van der Waals surface area contributed by atoms with Crippen molar-refractivity contribution in [2.45, 2.75) is 19.6 Å². The summed E-state index contributed by atoms with van der Waals surface area (Å²) in [5.41, 5.74) is 1.24. The van der Waals surface area contributed by atoms with Gasteiger partial charge >= 0.3 is 12.1 Å². The molecule has 1 aliphatic heterocycles. The van der Waals surface area contributed by atoms with Crippen LogP contribution in [0.5, 0.6) is 5.75 Å². The topological polar surface area (TPSA) is 109 Å². The number of ether oxygens (including phenoxy) is 2. The van der Waals surface area contributed by atoms with E-state index in [0.717, 1.165) is 13.1 Å². The van der Waals surface area contributed by atoms with E-state index in [0.29, 0.717) is 47.7 Å². The summed E-state index contributed by atoms with van der Waals surface area (Å²) in [6, 6.07) is 7.15. The van der Waals surface area contributed by atoms with Crippen molar-refractivity contribution in [1.82, 2.24) is 20.1 Å². The van der Waals surface area contributed by atoms with Gasteiger partial charge in [-0.25, -0.2) is 19.0 Å². The van der Waals surface area contributed by atoms with Gasteiger partial charge in [0.1, 0.15) is 5.82 Å². The summed E-state index contributed by atoms with van der Waals surface area (Å²) in [5.74, 6) is 0.597. The number of carbonyl (C=O) groups is 2. The number of urea groups is 1. The molecule has 0 unspecified atom stereocenters. The van der Waals surface area contributed by atoms with Crippen molar-refractivity contribution < 1.29 is 27.9 Å². The lowest BCUT2D eigenvalue weighted by Gasteiger charge is -2.25. The maximum Gasteiger partial charge on any atom is 0.415 e. The van der Waals surface area contributed by atoms with Crippen molar-refractivity contribution in [2.24, 2.45) is 0 Å². The quantitative estimate of drug-likeness (QED) is 0.483. The molecule has 0 atom stereocenters. The fourth-order valence-corrected chi connectivity index (χ4v) is 4.08. The molecule has 1 saturated heterocycles. The van der Waals surface area contributed by atoms with Gasteiger partial charge in [-0.05, 0) is 17.7 Å². The maximum absolute atomic E-state index is 13.2. The first-order valence-electron chi connectivity index (χ1n) is 11.0. The smallest absolute Gasteiger partial charge is 0.415 e. The highest BCUT2D eigenvalue weighted by molar-refractivity contribution is 7.13. The largest absolute Gasteiger partial charge is 0.464 e. The molecule has 0 radical (unpaired) electrons. The Morgan fingerprint density at radius 3 is 2.91 bits per heavy atom. The molecule has 3 amide bonds. The molecule has 12 heteroatoms. The summed E-state index contributed by atoms with van der Waals surface area (Å²) in [6.07, 6.45) is 0.945. The monoisotopic (exact) mass is 503 g/mol. The zero-order chi connectivity index (χ0) is 24.6. The average Bonchev–Trinajstić information content (AvgIpc) is 3.47. The van der Waals surface area contributed by atoms with E-state index in [-0.39, 0.29) is 18.9 Å². The van der Waals surface area contributed by atoms with Gasteiger partial charge in [-0.2, -0.15) is 0 Å². The molecule has 2 aromatic heterocycles. The number of aromatic nitrogens is 1. The van der Waals surface area contributed by atoms with E-state index in [1.165, 1.54) is 34.6 Å². The van der Waals surface area contributed by atoms with Crippen LogP contribution in [0.1, 0.15) is 17.0 Å². The third-order valence-electron chi connectivity index (χ3n) is 5.20. The van der Waals surface area contributed by atoms with E-state index in [1.54, 1.807) is 30.6 Å². The van der Waals surface area contributed by atoms with Gasteiger partial charge in [0.15, 0.2) is 16.6 Å². The number of hydrogen-bond acceptors (Lipinski definition) is 8. The van der Waals surface area contributed by atoms with E-state index < -0.39 is 12.1 Å². The van der Waals surface area contributed by atoms with Gasteiger partial charge in [0, 0.05) is 38.1 Å². The van der Waals surface area contributed by atoms with Gasteiger partial charge in [0.25, 0.3) is 0 Å². The Hall–Kier alpha value is -3.48. The molecule has 186 valence electrons. The standard InChI is InChI=1S/C23H26FN5O5S/c1-28(23(31)34-19-5-8-33-20(19)14-29-6-9-32-10-7-29)13-18-15-35-22(26-18)27-21(30)25-12-16-3-2-4-17(24)11-16/h2-5,8,11,15H,6-7,9-10,12-14H2,1H3,(H2,25,26,27,30). The molecule has 2 N–H and O–H groups in total. The second kappa shape index (κ2) is 11.8. The van der Waals surface area contributed by atoms with E-state index >= 15 is 0 Å². The Balaban J connectivity index is 1.24. The number of halogens is 1. The summed E-state index contributed by atoms with van der Waals surface area (Å²) in [4.78, 5) is 32.6. The molecule has 3 aromatic rings. The summed E-state index contributed by atoms with van der Waals surface area (Å²) in [7, 11) is 1.60. The van der Waals surface area contributed by atoms with Gasteiger partial charge in [-0.15, -0.1) is 11.3 Å². The minimum atomic E-state index is -0.551. The highest BCUT2D eigenvalue weighted by atomic mass is 32.1. The van der Waals surface area contributed by atoms with Crippen LogP contribution in [0.4, 0.5) is 19.1 Å². The zero-order valence-corrected chi connectivity index (χ0v) is 20.0. The first kappa shape index (κ1) is 24.6. The Morgan fingerprint density at radius 2 is 2.11 bits per heavy atom. The molecule has 35 heavy (non-hydrogen) atoms. The Morgan fingerprint density at radius 1 is 1.29 bits per heavy atom. The number of thiazole rings is 1. The summed E-state index contributed by atoms with van der Waals surface area (Å²) in [6.45, 7) is 3.81. The lowest BCUT2D eigenvalue weighted by Crippen LogP contribution is -2.35. The molecule has 1 fully saturated rings. The highest BCUT2D eigenvalue weighted by Crippen LogP contribution is 2.23. The van der Waals surface area contributed by atoms with Gasteiger partial charge in [-0.1, -0.05) is 12.1 Å². The summed E-state index contributed by atoms with van der Waals surface area (Å²) >= 11 is 1.23. The number of benzene rings is 1. The SMILES string of the molecule is CN(Cc1csc(NC(=O)NCc2cccc(F)c2)n1)C(=O)Oc1ccoc1CN1CCOCC1. The third kappa shape index (κ3) is 7.25. The van der Waals surface area contributed by atoms with Gasteiger partial charge < -0.3 is 24.1 Å². The number of amides is 3. The van der Waals surface area contributed by atoms with Gasteiger partial charge in [0.2, 0.25) is 0 Å². The number of furan rings is 1. The Labute approximate surface area is 205 Å². The van der Waals surface area contributed by atoms with Gasteiger partial charge in [-0.3, -0.25) is 10.2 Å². The minimum absolute atomic E-state index is 0.179. The number of morpholine rings is 1. The van der Waals surface area contributed by atoms with Crippen molar-refractivity contribution in [3.05, 3.63) is 64.8 Å². The van der Waals surface area contributed by atoms with Crippen LogP contribution < -0.4 is 15.4 Å². The van der Waals surface area contributed by atoms with E-state index in [1.807, 2.05) is 0 Å². The molecular weight excluding hydrogens is 477 g/mol. The number of nitrogens with one attached hydrogen (secondary N) is 2. The molecule has 0 spiro atoms. The molecular formula is C23H26FN5O5S. The first-order chi connectivity index (χ1) is 17.0. The lowest BCUT2D eigenvalue weighted by molar-refractivity contribution is 0.0308. The van der Waals surface area contributed by atoms with E-state index in [2.05, 4.69) is 20.5 Å². The molecule has 0 aliphatic carbocycles. The molecule has 4 rings (SSSR count). The zero-order valence-electron chi connectivity index (χ0n) is 19.2. The minimum Gasteiger partial charge on any atom is -0.464 e. The lowest BCUT2D eigenvalue weighted by atomic mass is 10.2. The highest BCUT2D eigenvalue weighted by Gasteiger charge is 2.20. The predicted molar refractivity (Wildman–Crippen MR) is 127 cm³/mol. The number of carbonyl (C=O) groups excluding carboxylic acids is 2. The van der Waals surface area contributed by atoms with Gasteiger partial charge in [0.05, 0.1) is 38.3 Å². The van der Waals surface area contributed by atoms with Crippen molar-refractivity contribution in [3.63, 3.8) is 0 Å². The van der Waals surface area contributed by atoms with Crippen molar-refractivity contribution in [1.29, 1.82) is 0 Å². The maximum atomic E-state index is 13.2. The molecule has 3 heterocycles. The number of rotatable bonds is 8. The number of nitrogens with zero attached hydrogens (tertiary/aromatic N) is 3. The van der Waals surface area contributed by atoms with E-state index in [4.69, 9.17) is 13.9 Å². The summed E-state index contributed by atoms with van der Waals surface area (Å²) < 4.78 is 29.6. The Kier molecular flexibility index (Phi) is 8.29. The summed E-state index contributed by atoms with van der Waals surface area (Å²) in [5, 5.41) is 7.40. The van der Waals surface area contributed by atoms with Crippen LogP contribution >= 0.6 is 11.3 Å². The van der Waals surface area contributed by atoms with Crippen LogP contribution in [0.2, 0.25) is 0 Å². The Bertz CT molecular complexity index is 1150. The van der Waals surface area contributed by atoms with Crippen molar-refractivity contribution in [3.8, 4) is 5.75 Å². The number of anilines is 1. The fraction of sp³-hybridized carbons (Fsp3) is 0.348. The van der Waals surface area contributed by atoms with Crippen LogP contribution in [0.3, 0.4) is 0 Å². The van der Waals surface area contributed by atoms with Crippen LogP contribution in [-0.4, -0.2) is 60.3 Å². The first-order valence-corrected chi connectivity index (χ1v) is 11.9. The molecule has 1 aliphatic rings. The second-order valence-electron chi connectivity index (χ2n) is 7.90. The molecule has 10 nitrogen and oxygen atoms in total. The van der Waals surface area contributed by atoms with E-state index in [9.17, 15) is 14.0 Å². The van der Waals surface area contributed by atoms with Crippen molar-refractivity contribution >= 4 is 28.6 Å². The molecule has 1 aromatic carbocycles. The third-order valence-corrected chi connectivity index (χ3v) is 6.00. The predicted octanol–water partition coefficient (Wildman–Crippen LogP) is 3.66. The normalized spacial score (nSPS) is 13.9. The second-order valence-corrected chi connectivity index (χ2v) is 8.76. The molecule has 0 saturated carbocycles. The fourth-order valence-electron chi connectivity index (χ4n) is 3.38. The van der Waals surface area contributed by atoms with Crippen LogP contribution in [0.25, 0.3) is 0 Å². The van der Waals surface area contributed by atoms with Crippen LogP contribution in [-0.2, 0) is 24.4 Å². The average molecular weight is 504 g/mol. The number of hydrogen-bond donors (Lipinski definition) is 2.